The van der Waals surface area contributed by atoms with Gasteiger partial charge in [0.05, 0.1) is 42.5 Å². The zero-order valence-electron chi connectivity index (χ0n) is 24.1. The van der Waals surface area contributed by atoms with Crippen molar-refractivity contribution >= 4 is 49.1 Å². The number of pyridine rings is 1. The third kappa shape index (κ3) is 6.71. The monoisotopic (exact) mass is 603 g/mol. The number of nitrogens with one attached hydrogen (secondary N) is 1. The molecule has 5 rings (SSSR count). The SMILES string of the molecule is COc1ncc(-c2nc(N3CCOCC3)nc3c(CN4CCN(C(=O)C(C)(C)C)CC4)csc23)cc1NS(C)(=O)=O. The van der Waals surface area contributed by atoms with Gasteiger partial charge < -0.3 is 19.3 Å². The number of carbonyl (C=O) groups excluding carboxylic acids is 1. The fourth-order valence-corrected chi connectivity index (χ4v) is 6.56. The second-order valence-electron chi connectivity index (χ2n) is 11.4. The van der Waals surface area contributed by atoms with Crippen LogP contribution in [0.25, 0.3) is 21.5 Å². The van der Waals surface area contributed by atoms with Crippen LogP contribution in [0, 0.1) is 5.41 Å². The average molecular weight is 604 g/mol. The van der Waals surface area contributed by atoms with Crippen LogP contribution in [0.5, 0.6) is 5.88 Å². The first-order valence-electron chi connectivity index (χ1n) is 13.6. The highest BCUT2D eigenvalue weighted by atomic mass is 32.2. The van der Waals surface area contributed by atoms with Crippen LogP contribution in [-0.4, -0.2) is 105 Å². The number of morpholine rings is 1. The van der Waals surface area contributed by atoms with Crippen molar-refractivity contribution in [2.24, 2.45) is 5.41 Å². The van der Waals surface area contributed by atoms with Crippen LogP contribution in [0.4, 0.5) is 11.6 Å². The summed E-state index contributed by atoms with van der Waals surface area (Å²) in [4.78, 5) is 33.5. The molecule has 3 aromatic heterocycles. The molecule has 0 spiro atoms. The highest BCUT2D eigenvalue weighted by Crippen LogP contribution is 2.37. The third-order valence-electron chi connectivity index (χ3n) is 7.08. The number of hydrogen-bond acceptors (Lipinski definition) is 11. The van der Waals surface area contributed by atoms with Crippen molar-refractivity contribution in [3.63, 3.8) is 0 Å². The van der Waals surface area contributed by atoms with Crippen LogP contribution in [0.15, 0.2) is 17.6 Å². The molecule has 0 unspecified atom stereocenters. The molecule has 5 heterocycles. The molecule has 0 saturated carbocycles. The van der Waals surface area contributed by atoms with E-state index in [1.807, 2.05) is 25.7 Å². The normalized spacial score (nSPS) is 17.2. The lowest BCUT2D eigenvalue weighted by atomic mass is 9.94. The molecule has 14 heteroatoms. The van der Waals surface area contributed by atoms with Crippen molar-refractivity contribution < 1.29 is 22.7 Å². The van der Waals surface area contributed by atoms with Gasteiger partial charge in [0, 0.05) is 68.6 Å². The quantitative estimate of drug-likeness (QED) is 0.430. The van der Waals surface area contributed by atoms with E-state index >= 15 is 0 Å². The number of carbonyl (C=O) groups is 1. The maximum atomic E-state index is 12.7. The van der Waals surface area contributed by atoms with Gasteiger partial charge in [-0.3, -0.25) is 14.4 Å². The van der Waals surface area contributed by atoms with Gasteiger partial charge in [-0.2, -0.15) is 0 Å². The molecule has 1 N–H and O–H groups in total. The maximum absolute atomic E-state index is 12.7. The standard InChI is InChI=1S/C27H37N7O5S2/c1-27(2,3)25(35)33-8-6-32(7-9-33)16-19-17-40-23-21(29-26(30-22(19)23)34-10-12-39-13-11-34)18-14-20(31-41(5,36)37)24(38-4)28-15-18/h14-15,17,31H,6-13,16H2,1-5H3. The number of sulfonamides is 1. The number of piperazine rings is 1. The van der Waals surface area contributed by atoms with Gasteiger partial charge in [-0.05, 0) is 11.4 Å². The molecular formula is C27H37N7O5S2. The number of methoxy groups -OCH3 is 1. The molecule has 2 saturated heterocycles. The first-order valence-corrected chi connectivity index (χ1v) is 16.3. The zero-order valence-corrected chi connectivity index (χ0v) is 25.8. The number of ether oxygens (including phenoxy) is 2. The number of anilines is 2. The van der Waals surface area contributed by atoms with Gasteiger partial charge in [0.15, 0.2) is 0 Å². The highest BCUT2D eigenvalue weighted by molar-refractivity contribution is 7.92. The molecule has 0 aromatic carbocycles. The number of fused-ring (bicyclic) bond motifs is 1. The van der Waals surface area contributed by atoms with Crippen molar-refractivity contribution in [1.29, 1.82) is 0 Å². The van der Waals surface area contributed by atoms with Crippen molar-refractivity contribution in [1.82, 2.24) is 24.8 Å². The summed E-state index contributed by atoms with van der Waals surface area (Å²) in [5.41, 5.74) is 3.15. The Balaban J connectivity index is 1.49. The first-order chi connectivity index (χ1) is 19.4. The lowest BCUT2D eigenvalue weighted by molar-refractivity contribution is -0.141. The molecule has 1 amide bonds. The van der Waals surface area contributed by atoms with Crippen molar-refractivity contribution in [2.45, 2.75) is 27.3 Å². The predicted octanol–water partition coefficient (Wildman–Crippen LogP) is 2.66. The van der Waals surface area contributed by atoms with Crippen LogP contribution in [0.3, 0.4) is 0 Å². The number of nitrogens with zero attached hydrogens (tertiary/aromatic N) is 6. The molecule has 41 heavy (non-hydrogen) atoms. The summed E-state index contributed by atoms with van der Waals surface area (Å²) in [5.74, 6) is 0.960. The average Bonchev–Trinajstić information content (AvgIpc) is 3.34. The minimum absolute atomic E-state index is 0.175. The summed E-state index contributed by atoms with van der Waals surface area (Å²) in [5, 5.41) is 2.12. The molecule has 0 aliphatic carbocycles. The van der Waals surface area contributed by atoms with E-state index in [9.17, 15) is 13.2 Å². The lowest BCUT2D eigenvalue weighted by Gasteiger charge is -2.37. The largest absolute Gasteiger partial charge is 0.480 e. The van der Waals surface area contributed by atoms with Crippen molar-refractivity contribution in [3.8, 4) is 17.1 Å². The van der Waals surface area contributed by atoms with Gasteiger partial charge in [0.2, 0.25) is 27.8 Å². The number of aromatic nitrogens is 3. The van der Waals surface area contributed by atoms with E-state index < -0.39 is 10.0 Å². The fourth-order valence-electron chi connectivity index (χ4n) is 5.01. The van der Waals surface area contributed by atoms with Crippen molar-refractivity contribution in [2.75, 3.05) is 75.5 Å². The van der Waals surface area contributed by atoms with E-state index in [0.717, 1.165) is 35.1 Å². The van der Waals surface area contributed by atoms with E-state index in [4.69, 9.17) is 19.4 Å². The molecule has 2 fully saturated rings. The molecule has 0 bridgehead atoms. The molecule has 222 valence electrons. The summed E-state index contributed by atoms with van der Waals surface area (Å²) in [7, 11) is -2.12. The minimum atomic E-state index is -3.56. The van der Waals surface area contributed by atoms with Crippen LogP contribution >= 0.6 is 11.3 Å². The van der Waals surface area contributed by atoms with Gasteiger partial charge in [0.25, 0.3) is 0 Å². The van der Waals surface area contributed by atoms with E-state index in [1.54, 1.807) is 23.6 Å². The highest BCUT2D eigenvalue weighted by Gasteiger charge is 2.30. The van der Waals surface area contributed by atoms with Gasteiger partial charge >= 0.3 is 0 Å². The number of hydrogen-bond donors (Lipinski definition) is 1. The molecule has 3 aromatic rings. The zero-order chi connectivity index (χ0) is 29.4. The third-order valence-corrected chi connectivity index (χ3v) is 8.69. The van der Waals surface area contributed by atoms with Gasteiger partial charge in [-0.25, -0.2) is 23.4 Å². The smallest absolute Gasteiger partial charge is 0.238 e. The van der Waals surface area contributed by atoms with Crippen LogP contribution in [0.1, 0.15) is 26.3 Å². The summed E-state index contributed by atoms with van der Waals surface area (Å²) < 4.78 is 38.3. The van der Waals surface area contributed by atoms with Crippen LogP contribution < -0.4 is 14.4 Å². The number of thiophene rings is 1. The Morgan fingerprint density at radius 2 is 1.83 bits per heavy atom. The van der Waals surface area contributed by atoms with E-state index in [0.29, 0.717) is 63.1 Å². The van der Waals surface area contributed by atoms with E-state index in [-0.39, 0.29) is 22.9 Å². The predicted molar refractivity (Wildman–Crippen MR) is 160 cm³/mol. The minimum Gasteiger partial charge on any atom is -0.480 e. The van der Waals surface area contributed by atoms with E-state index in [1.165, 1.54) is 7.11 Å². The summed E-state index contributed by atoms with van der Waals surface area (Å²) in [6.07, 6.45) is 2.73. The Hall–Kier alpha value is -3.07. The Morgan fingerprint density at radius 3 is 2.46 bits per heavy atom. The number of amides is 1. The van der Waals surface area contributed by atoms with Gasteiger partial charge in [-0.1, -0.05) is 20.8 Å². The topological polar surface area (TPSA) is 130 Å². The van der Waals surface area contributed by atoms with Crippen LogP contribution in [0.2, 0.25) is 0 Å². The second-order valence-corrected chi connectivity index (χ2v) is 14.0. The second kappa shape index (κ2) is 11.7. The Labute approximate surface area is 244 Å². The Kier molecular flexibility index (Phi) is 8.37. The van der Waals surface area contributed by atoms with Gasteiger partial charge in [0.1, 0.15) is 5.69 Å². The summed E-state index contributed by atoms with van der Waals surface area (Å²) >= 11 is 1.56. The first kappa shape index (κ1) is 29.4. The summed E-state index contributed by atoms with van der Waals surface area (Å²) in [6.45, 7) is 12.1. The molecule has 0 atom stereocenters. The molecule has 0 radical (unpaired) electrons. The molecule has 2 aliphatic rings. The maximum Gasteiger partial charge on any atom is 0.238 e. The molecule has 12 nitrogen and oxygen atoms in total. The lowest BCUT2D eigenvalue weighted by Crippen LogP contribution is -2.51. The molecular weight excluding hydrogens is 566 g/mol. The Bertz CT molecular complexity index is 1520. The van der Waals surface area contributed by atoms with Gasteiger partial charge in [-0.15, -0.1) is 11.3 Å². The van der Waals surface area contributed by atoms with Crippen molar-refractivity contribution in [3.05, 3.63) is 23.2 Å². The number of rotatable bonds is 7. The fraction of sp³-hybridized carbons (Fsp3) is 0.556. The molecule has 2 aliphatic heterocycles. The summed E-state index contributed by atoms with van der Waals surface area (Å²) in [6, 6.07) is 1.70. The van der Waals surface area contributed by atoms with Crippen LogP contribution in [-0.2, 0) is 26.1 Å². The van der Waals surface area contributed by atoms with E-state index in [2.05, 4.69) is 24.9 Å². The Morgan fingerprint density at radius 1 is 1.12 bits per heavy atom.